The van der Waals surface area contributed by atoms with Gasteiger partial charge in [-0.15, -0.1) is 0 Å². The number of nitrogens with zero attached hydrogens (tertiary/aromatic N) is 1. The first-order valence-electron chi connectivity index (χ1n) is 14.1. The Morgan fingerprint density at radius 3 is 2.19 bits per heavy atom. The van der Waals surface area contributed by atoms with Crippen molar-refractivity contribution in [3.8, 4) is 17.4 Å². The fraction of sp³-hybridized carbons (Fsp3) is 0.200. The third kappa shape index (κ3) is 9.70. The Morgan fingerprint density at radius 2 is 1.50 bits per heavy atom. The van der Waals surface area contributed by atoms with Crippen LogP contribution in [0.4, 0.5) is 0 Å². The van der Waals surface area contributed by atoms with Crippen LogP contribution >= 0.6 is 0 Å². The highest BCUT2D eigenvalue weighted by atomic mass is 16.5. The Hall–Kier alpha value is -4.78. The maximum Gasteiger partial charge on any atom is 0.296 e. The maximum absolute atomic E-state index is 11.6. The predicted octanol–water partition coefficient (Wildman–Crippen LogP) is 8.07. The maximum atomic E-state index is 11.6. The minimum absolute atomic E-state index is 0.0482. The molecule has 0 aliphatic heterocycles. The van der Waals surface area contributed by atoms with E-state index in [0.29, 0.717) is 37.3 Å². The molecule has 0 spiro atoms. The van der Waals surface area contributed by atoms with Crippen molar-refractivity contribution in [1.82, 2.24) is 4.98 Å². The molecule has 1 heterocycles. The molecule has 0 fully saturated rings. The van der Waals surface area contributed by atoms with Crippen molar-refractivity contribution >= 4 is 18.4 Å². The van der Waals surface area contributed by atoms with E-state index >= 15 is 0 Å². The van der Waals surface area contributed by atoms with E-state index in [1.807, 2.05) is 117 Å². The number of aliphatic carboxylic acids is 1. The molecular weight excluding hydrogens is 525 g/mol. The smallest absolute Gasteiger partial charge is 0.296 e. The zero-order valence-corrected chi connectivity index (χ0v) is 24.2. The first-order chi connectivity index (χ1) is 20.4. The van der Waals surface area contributed by atoms with Gasteiger partial charge in [-0.25, -0.2) is 4.98 Å². The van der Waals surface area contributed by atoms with Crippen LogP contribution in [-0.4, -0.2) is 29.4 Å². The van der Waals surface area contributed by atoms with Crippen molar-refractivity contribution < 1.29 is 24.1 Å². The predicted molar refractivity (Wildman–Crippen MR) is 168 cm³/mol. The average molecular weight is 561 g/mol. The summed E-state index contributed by atoms with van der Waals surface area (Å²) < 4.78 is 17.8. The molecule has 0 saturated carbocycles. The number of para-hydroxylation sites is 1. The van der Waals surface area contributed by atoms with Crippen molar-refractivity contribution in [3.05, 3.63) is 138 Å². The number of pyridine rings is 1. The molecule has 0 unspecified atom stereocenters. The molecule has 0 aliphatic rings. The molecule has 0 atom stereocenters. The molecule has 7 heteroatoms. The molecular formula is C35H36BNO5. The van der Waals surface area contributed by atoms with Gasteiger partial charge in [0, 0.05) is 30.1 Å². The van der Waals surface area contributed by atoms with Crippen LogP contribution in [0.25, 0.3) is 5.76 Å². The van der Waals surface area contributed by atoms with E-state index in [0.717, 1.165) is 39.7 Å². The summed E-state index contributed by atoms with van der Waals surface area (Å²) in [5, 5.41) is 9.55. The quantitative estimate of drug-likeness (QED) is 0.117. The lowest BCUT2D eigenvalue weighted by molar-refractivity contribution is -0.134. The number of carbonyl (C=O) groups is 1. The minimum atomic E-state index is -0.828. The molecule has 1 aromatic heterocycles. The van der Waals surface area contributed by atoms with Gasteiger partial charge in [0.25, 0.3) is 5.97 Å². The summed E-state index contributed by atoms with van der Waals surface area (Å²) in [5.74, 6) is 2.60. The number of hydrogen-bond acceptors (Lipinski definition) is 5. The molecule has 3 aromatic carbocycles. The normalized spacial score (nSPS) is 11.3. The van der Waals surface area contributed by atoms with Crippen LogP contribution in [0.1, 0.15) is 37.1 Å². The summed E-state index contributed by atoms with van der Waals surface area (Å²) in [7, 11) is 0. The topological polar surface area (TPSA) is 77.9 Å². The molecule has 42 heavy (non-hydrogen) atoms. The number of carboxylic acids is 1. The van der Waals surface area contributed by atoms with E-state index in [1.54, 1.807) is 0 Å². The number of ether oxygens (including phenoxy) is 3. The van der Waals surface area contributed by atoms with Crippen molar-refractivity contribution in [2.24, 2.45) is 0 Å². The molecule has 214 valence electrons. The van der Waals surface area contributed by atoms with Gasteiger partial charge in [-0.1, -0.05) is 78.9 Å². The highest BCUT2D eigenvalue weighted by Gasteiger charge is 2.20. The van der Waals surface area contributed by atoms with Gasteiger partial charge in [0.2, 0.25) is 5.88 Å². The number of hydrogen-bond donors (Lipinski definition) is 1. The largest absolute Gasteiger partial charge is 0.482 e. The minimum Gasteiger partial charge on any atom is -0.482 e. The summed E-state index contributed by atoms with van der Waals surface area (Å²) in [6, 6.07) is 32.8. The highest BCUT2D eigenvalue weighted by molar-refractivity contribution is 6.61. The average Bonchev–Trinajstić information content (AvgIpc) is 2.99. The van der Waals surface area contributed by atoms with Crippen LogP contribution in [0.15, 0.2) is 121 Å². The van der Waals surface area contributed by atoms with E-state index in [9.17, 15) is 9.90 Å². The van der Waals surface area contributed by atoms with E-state index in [1.165, 1.54) is 0 Å². The van der Waals surface area contributed by atoms with Crippen molar-refractivity contribution in [2.45, 2.75) is 39.2 Å². The lowest BCUT2D eigenvalue weighted by Crippen LogP contribution is -2.25. The molecule has 0 radical (unpaired) electrons. The van der Waals surface area contributed by atoms with Gasteiger partial charge in [0.15, 0.2) is 6.71 Å². The third-order valence-corrected chi connectivity index (χ3v) is 6.87. The number of rotatable bonds is 15. The van der Waals surface area contributed by atoms with Crippen LogP contribution in [-0.2, 0) is 22.2 Å². The molecule has 4 rings (SSSR count). The Bertz CT molecular complexity index is 1490. The summed E-state index contributed by atoms with van der Waals surface area (Å²) in [6.07, 6.45) is 1.86. The summed E-state index contributed by atoms with van der Waals surface area (Å²) in [6.45, 7) is 8.29. The van der Waals surface area contributed by atoms with Crippen LogP contribution in [0.2, 0.25) is 6.32 Å². The Balaban J connectivity index is 1.31. The second kappa shape index (κ2) is 15.3. The standard InChI is InChI=1S/C35H36BNO5/c1-26(27(2)41-28(3)30-11-6-4-7-12-30)21-22-40-34-16-10-13-31(37-34)24-36(25-35(38)39)23-29-17-19-33(20-18-29)42-32-14-8-5-9-15-32/h4-20H,3,21-25H2,1-2H3,(H,38,39)/b27-26+. The van der Waals surface area contributed by atoms with E-state index < -0.39 is 5.97 Å². The van der Waals surface area contributed by atoms with E-state index in [2.05, 4.69) is 11.6 Å². The molecule has 0 saturated heterocycles. The fourth-order valence-electron chi connectivity index (χ4n) is 4.50. The SMILES string of the molecule is C=C(O/C(C)=C(\C)CCOc1cccc(CB(CC(=O)O)Cc2ccc(Oc3ccccc3)cc2)n1)c1ccccc1. The van der Waals surface area contributed by atoms with Crippen molar-refractivity contribution in [3.63, 3.8) is 0 Å². The Morgan fingerprint density at radius 1 is 0.833 bits per heavy atom. The molecule has 0 amide bonds. The van der Waals surface area contributed by atoms with Gasteiger partial charge < -0.3 is 19.3 Å². The number of carboxylic acid groups (broad SMARTS) is 1. The third-order valence-electron chi connectivity index (χ3n) is 6.87. The van der Waals surface area contributed by atoms with Gasteiger partial charge in [-0.2, -0.15) is 0 Å². The van der Waals surface area contributed by atoms with Gasteiger partial charge in [0.1, 0.15) is 23.0 Å². The molecule has 6 nitrogen and oxygen atoms in total. The molecule has 4 aromatic rings. The summed E-state index contributed by atoms with van der Waals surface area (Å²) >= 11 is 0. The van der Waals surface area contributed by atoms with E-state index in [-0.39, 0.29) is 13.0 Å². The zero-order chi connectivity index (χ0) is 29.7. The summed E-state index contributed by atoms with van der Waals surface area (Å²) in [4.78, 5) is 16.3. The van der Waals surface area contributed by atoms with Gasteiger partial charge in [-0.05, 0) is 62.4 Å². The van der Waals surface area contributed by atoms with Crippen LogP contribution in [0.5, 0.6) is 17.4 Å². The second-order valence-electron chi connectivity index (χ2n) is 10.2. The monoisotopic (exact) mass is 561 g/mol. The first kappa shape index (κ1) is 30.2. The van der Waals surface area contributed by atoms with Crippen LogP contribution in [0.3, 0.4) is 0 Å². The molecule has 0 aliphatic carbocycles. The zero-order valence-electron chi connectivity index (χ0n) is 24.2. The van der Waals surface area contributed by atoms with Gasteiger partial charge >= 0.3 is 0 Å². The van der Waals surface area contributed by atoms with Gasteiger partial charge in [-0.3, -0.25) is 4.79 Å². The lowest BCUT2D eigenvalue weighted by Gasteiger charge is -2.14. The van der Waals surface area contributed by atoms with Crippen molar-refractivity contribution in [2.75, 3.05) is 6.61 Å². The number of allylic oxidation sites excluding steroid dienone is 1. The summed E-state index contributed by atoms with van der Waals surface area (Å²) in [5.41, 5.74) is 3.85. The Labute approximate surface area is 248 Å². The number of aromatic nitrogens is 1. The van der Waals surface area contributed by atoms with Crippen LogP contribution in [0, 0.1) is 0 Å². The van der Waals surface area contributed by atoms with E-state index in [4.69, 9.17) is 14.2 Å². The van der Waals surface area contributed by atoms with Crippen molar-refractivity contribution in [1.29, 1.82) is 0 Å². The lowest BCUT2D eigenvalue weighted by atomic mass is 9.41. The molecule has 0 bridgehead atoms. The highest BCUT2D eigenvalue weighted by Crippen LogP contribution is 2.23. The van der Waals surface area contributed by atoms with Gasteiger partial charge in [0.05, 0.1) is 6.61 Å². The first-order valence-corrected chi connectivity index (χ1v) is 14.1. The second-order valence-corrected chi connectivity index (χ2v) is 10.2. The fourth-order valence-corrected chi connectivity index (χ4v) is 4.50. The number of benzene rings is 3. The van der Waals surface area contributed by atoms with Crippen LogP contribution < -0.4 is 9.47 Å². The molecule has 1 N–H and O–H groups in total. The Kier molecular flexibility index (Phi) is 11.0.